The lowest BCUT2D eigenvalue weighted by molar-refractivity contribution is -0.134. The van der Waals surface area contributed by atoms with Gasteiger partial charge in [0.05, 0.1) is 5.92 Å². The molecule has 3 rings (SSSR count). The van der Waals surface area contributed by atoms with E-state index in [-0.39, 0.29) is 29.8 Å². The highest BCUT2D eigenvalue weighted by molar-refractivity contribution is 6.00. The minimum atomic E-state index is -0.936. The number of carbonyl (C=O) groups excluding carboxylic acids is 2. The summed E-state index contributed by atoms with van der Waals surface area (Å²) in [5.74, 6) is -1.12. The number of piperidine rings is 2. The van der Waals surface area contributed by atoms with E-state index in [9.17, 15) is 19.2 Å². The number of likely N-dealkylation sites (tertiary alicyclic amines) is 1. The van der Waals surface area contributed by atoms with Crippen molar-refractivity contribution in [2.45, 2.75) is 37.6 Å². The van der Waals surface area contributed by atoms with Gasteiger partial charge in [-0.15, -0.1) is 0 Å². The van der Waals surface area contributed by atoms with E-state index >= 15 is 0 Å². The van der Waals surface area contributed by atoms with E-state index in [1.54, 1.807) is 16.8 Å². The van der Waals surface area contributed by atoms with Crippen LogP contribution in [0.2, 0.25) is 0 Å². The highest BCUT2D eigenvalue weighted by atomic mass is 16.4. The van der Waals surface area contributed by atoms with Crippen molar-refractivity contribution in [3.05, 3.63) is 34.2 Å². The Balaban J connectivity index is 1.74. The van der Waals surface area contributed by atoms with Gasteiger partial charge in [-0.2, -0.15) is 0 Å². The number of imide groups is 1. The van der Waals surface area contributed by atoms with E-state index in [1.807, 2.05) is 0 Å². The lowest BCUT2D eigenvalue weighted by Crippen LogP contribution is -2.41. The molecular formula is C16H19N3O5. The van der Waals surface area contributed by atoms with Crippen molar-refractivity contribution in [1.82, 2.24) is 14.8 Å². The van der Waals surface area contributed by atoms with Crippen molar-refractivity contribution in [3.8, 4) is 0 Å². The molecule has 0 radical (unpaired) electrons. The molecule has 2 fully saturated rings. The number of hydrogen-bond acceptors (Lipinski definition) is 4. The molecular weight excluding hydrogens is 314 g/mol. The molecule has 0 bridgehead atoms. The second-order valence-electron chi connectivity index (χ2n) is 6.21. The van der Waals surface area contributed by atoms with E-state index in [0.717, 1.165) is 0 Å². The fraction of sp³-hybridized carbons (Fsp3) is 0.500. The fourth-order valence-corrected chi connectivity index (χ4v) is 3.37. The quantitative estimate of drug-likeness (QED) is 0.774. The number of pyridine rings is 1. The van der Waals surface area contributed by atoms with Crippen molar-refractivity contribution in [3.63, 3.8) is 0 Å². The minimum absolute atomic E-state index is 0.0380. The molecule has 0 saturated carbocycles. The Labute approximate surface area is 138 Å². The monoisotopic (exact) mass is 333 g/mol. The lowest BCUT2D eigenvalue weighted by Gasteiger charge is -2.31. The summed E-state index contributed by atoms with van der Waals surface area (Å²) in [6.07, 6.45) is 2.59. The molecule has 2 aliphatic rings. The molecule has 3 heterocycles. The molecule has 1 aromatic rings. The first kappa shape index (κ1) is 16.2. The van der Waals surface area contributed by atoms with Gasteiger partial charge in [0.25, 0.3) is 5.56 Å². The zero-order valence-corrected chi connectivity index (χ0v) is 13.1. The van der Waals surface area contributed by atoms with Crippen molar-refractivity contribution < 1.29 is 19.5 Å². The van der Waals surface area contributed by atoms with Crippen LogP contribution in [-0.2, 0) is 9.59 Å². The minimum Gasteiger partial charge on any atom is -0.465 e. The highest BCUT2D eigenvalue weighted by Crippen LogP contribution is 2.25. The predicted octanol–water partition coefficient (Wildman–Crippen LogP) is 0.683. The van der Waals surface area contributed by atoms with E-state index in [2.05, 4.69) is 5.32 Å². The SMILES string of the molecule is O=C1CCC(c2ccn(C3CCN(C(=O)O)CC3)c(=O)c2)C(=O)N1. The number of carbonyl (C=O) groups is 3. The van der Waals surface area contributed by atoms with Gasteiger partial charge in [-0.1, -0.05) is 0 Å². The molecule has 1 unspecified atom stereocenters. The molecule has 0 aromatic carbocycles. The van der Waals surface area contributed by atoms with E-state index in [1.165, 1.54) is 11.0 Å². The molecule has 0 spiro atoms. The molecule has 1 aromatic heterocycles. The van der Waals surface area contributed by atoms with Gasteiger partial charge in [-0.25, -0.2) is 4.79 Å². The number of rotatable bonds is 2. The van der Waals surface area contributed by atoms with Crippen molar-refractivity contribution in [2.75, 3.05) is 13.1 Å². The van der Waals surface area contributed by atoms with Gasteiger partial charge in [-0.05, 0) is 30.9 Å². The number of amides is 3. The summed E-state index contributed by atoms with van der Waals surface area (Å²) in [6.45, 7) is 0.808. The molecule has 24 heavy (non-hydrogen) atoms. The summed E-state index contributed by atoms with van der Waals surface area (Å²) in [5.41, 5.74) is 0.412. The van der Waals surface area contributed by atoms with Crippen LogP contribution in [0.5, 0.6) is 0 Å². The predicted molar refractivity (Wildman–Crippen MR) is 83.7 cm³/mol. The Kier molecular flexibility index (Phi) is 4.37. The number of nitrogens with one attached hydrogen (secondary N) is 1. The zero-order chi connectivity index (χ0) is 17.3. The number of nitrogens with zero attached hydrogens (tertiary/aromatic N) is 2. The van der Waals surface area contributed by atoms with Gasteiger partial charge in [0.15, 0.2) is 0 Å². The Morgan fingerprint density at radius 1 is 1.17 bits per heavy atom. The average Bonchev–Trinajstić information content (AvgIpc) is 2.55. The van der Waals surface area contributed by atoms with Crippen LogP contribution in [-0.4, -0.2) is 45.6 Å². The summed E-state index contributed by atoms with van der Waals surface area (Å²) in [4.78, 5) is 47.8. The van der Waals surface area contributed by atoms with Gasteiger partial charge in [0.2, 0.25) is 11.8 Å². The fourth-order valence-electron chi connectivity index (χ4n) is 3.37. The Hall–Kier alpha value is -2.64. The van der Waals surface area contributed by atoms with Crippen LogP contribution in [0.25, 0.3) is 0 Å². The van der Waals surface area contributed by atoms with Gasteiger partial charge < -0.3 is 14.6 Å². The van der Waals surface area contributed by atoms with Crippen LogP contribution in [0.3, 0.4) is 0 Å². The second kappa shape index (κ2) is 6.46. The molecule has 2 saturated heterocycles. The topological polar surface area (TPSA) is 109 Å². The first-order chi connectivity index (χ1) is 11.5. The van der Waals surface area contributed by atoms with Gasteiger partial charge in [0.1, 0.15) is 0 Å². The molecule has 3 amide bonds. The van der Waals surface area contributed by atoms with Gasteiger partial charge >= 0.3 is 6.09 Å². The van der Waals surface area contributed by atoms with Crippen LogP contribution in [0.15, 0.2) is 23.1 Å². The molecule has 8 heteroatoms. The summed E-state index contributed by atoms with van der Waals surface area (Å²) in [6, 6.07) is 3.15. The number of carboxylic acid groups (broad SMARTS) is 1. The molecule has 2 N–H and O–H groups in total. The van der Waals surface area contributed by atoms with E-state index in [4.69, 9.17) is 5.11 Å². The van der Waals surface area contributed by atoms with Crippen molar-refractivity contribution in [1.29, 1.82) is 0 Å². The van der Waals surface area contributed by atoms with Crippen LogP contribution in [0.1, 0.15) is 43.2 Å². The first-order valence-corrected chi connectivity index (χ1v) is 7.99. The van der Waals surface area contributed by atoms with Crippen LogP contribution in [0.4, 0.5) is 4.79 Å². The van der Waals surface area contributed by atoms with Gasteiger partial charge in [0, 0.05) is 37.8 Å². The molecule has 0 aliphatic carbocycles. The third kappa shape index (κ3) is 3.17. The Morgan fingerprint density at radius 3 is 2.46 bits per heavy atom. The highest BCUT2D eigenvalue weighted by Gasteiger charge is 2.29. The average molecular weight is 333 g/mol. The van der Waals surface area contributed by atoms with Crippen LogP contribution in [0, 0.1) is 0 Å². The third-order valence-electron chi connectivity index (χ3n) is 4.74. The molecule has 128 valence electrons. The van der Waals surface area contributed by atoms with Crippen molar-refractivity contribution in [2.24, 2.45) is 0 Å². The normalized spacial score (nSPS) is 22.3. The van der Waals surface area contributed by atoms with E-state index < -0.39 is 12.0 Å². The van der Waals surface area contributed by atoms with Crippen LogP contribution < -0.4 is 10.9 Å². The maximum absolute atomic E-state index is 12.4. The smallest absolute Gasteiger partial charge is 0.407 e. The standard InChI is InChI=1S/C16H19N3O5/c20-13-2-1-12(15(22)17-13)10-3-8-19(14(21)9-10)11-4-6-18(7-5-11)16(23)24/h3,8-9,11-12H,1-2,4-7H2,(H,23,24)(H,17,20,22). The Bertz CT molecular complexity index is 733. The summed E-state index contributed by atoms with van der Waals surface area (Å²) in [5, 5.41) is 11.3. The summed E-state index contributed by atoms with van der Waals surface area (Å²) in [7, 11) is 0. The van der Waals surface area contributed by atoms with Crippen molar-refractivity contribution >= 4 is 17.9 Å². The lowest BCUT2D eigenvalue weighted by atomic mass is 9.91. The maximum Gasteiger partial charge on any atom is 0.407 e. The largest absolute Gasteiger partial charge is 0.465 e. The molecule has 2 aliphatic heterocycles. The first-order valence-electron chi connectivity index (χ1n) is 7.99. The second-order valence-corrected chi connectivity index (χ2v) is 6.21. The molecule has 1 atom stereocenters. The summed E-state index contributed by atoms with van der Waals surface area (Å²) < 4.78 is 1.61. The third-order valence-corrected chi connectivity index (χ3v) is 4.74. The number of aromatic nitrogens is 1. The summed E-state index contributed by atoms with van der Waals surface area (Å²) >= 11 is 0. The zero-order valence-electron chi connectivity index (χ0n) is 13.1. The maximum atomic E-state index is 12.4. The van der Waals surface area contributed by atoms with E-state index in [0.29, 0.717) is 37.9 Å². The van der Waals surface area contributed by atoms with Crippen LogP contribution >= 0.6 is 0 Å². The van der Waals surface area contributed by atoms with Gasteiger partial charge in [-0.3, -0.25) is 19.7 Å². The molecule has 8 nitrogen and oxygen atoms in total. The number of hydrogen-bond donors (Lipinski definition) is 2. The Morgan fingerprint density at radius 2 is 1.88 bits per heavy atom.